The van der Waals surface area contributed by atoms with E-state index in [-0.39, 0.29) is 12.1 Å². The van der Waals surface area contributed by atoms with Crippen molar-refractivity contribution in [3.8, 4) is 0 Å². The molecule has 2 nitrogen and oxygen atoms in total. The predicted octanol–water partition coefficient (Wildman–Crippen LogP) is 3.35. The highest BCUT2D eigenvalue weighted by Crippen LogP contribution is 2.40. The largest absolute Gasteiger partial charge is 0.396 e. The smallest absolute Gasteiger partial charge is 0.0515 e. The van der Waals surface area contributed by atoms with Crippen LogP contribution in [0.25, 0.3) is 0 Å². The van der Waals surface area contributed by atoms with Gasteiger partial charge in [-0.15, -0.1) is 0 Å². The number of benzene rings is 1. The monoisotopic (exact) mass is 297 g/mol. The minimum atomic E-state index is 0.116. The normalized spacial score (nSPS) is 23.1. The molecule has 0 amide bonds. The molecule has 0 saturated carbocycles. The Morgan fingerprint density at radius 1 is 1.47 bits per heavy atom. The Bertz CT molecular complexity index is 417. The van der Waals surface area contributed by atoms with Gasteiger partial charge in [0.2, 0.25) is 0 Å². The summed E-state index contributed by atoms with van der Waals surface area (Å²) in [5.41, 5.74) is 2.61. The molecule has 1 aromatic carbocycles. The van der Waals surface area contributed by atoms with Gasteiger partial charge in [-0.3, -0.25) is 0 Å². The summed E-state index contributed by atoms with van der Waals surface area (Å²) in [6.45, 7) is 7.80. The lowest BCUT2D eigenvalue weighted by molar-refractivity contribution is 0.232. The van der Waals surface area contributed by atoms with Crippen molar-refractivity contribution >= 4 is 21.6 Å². The number of rotatable bonds is 2. The maximum atomic E-state index is 9.34. The highest BCUT2D eigenvalue weighted by molar-refractivity contribution is 9.10. The van der Waals surface area contributed by atoms with E-state index in [0.29, 0.717) is 5.92 Å². The molecule has 1 aliphatic rings. The molecule has 0 aromatic heterocycles. The Kier molecular flexibility index (Phi) is 3.50. The molecule has 0 radical (unpaired) electrons. The lowest BCUT2D eigenvalue weighted by Crippen LogP contribution is -2.38. The SMILES string of the molecule is Cc1ccc(N2CC(CO)CC2(C)C)c(Br)c1. The van der Waals surface area contributed by atoms with Crippen LogP contribution in [-0.2, 0) is 0 Å². The van der Waals surface area contributed by atoms with E-state index in [0.717, 1.165) is 17.4 Å². The van der Waals surface area contributed by atoms with Crippen LogP contribution in [0, 0.1) is 12.8 Å². The first kappa shape index (κ1) is 12.9. The summed E-state index contributed by atoms with van der Waals surface area (Å²) in [6, 6.07) is 6.46. The number of hydrogen-bond acceptors (Lipinski definition) is 2. The second kappa shape index (κ2) is 4.62. The van der Waals surface area contributed by atoms with Crippen molar-refractivity contribution < 1.29 is 5.11 Å². The van der Waals surface area contributed by atoms with Gasteiger partial charge in [0.05, 0.1) is 5.69 Å². The summed E-state index contributed by atoms with van der Waals surface area (Å²) >= 11 is 3.65. The second-order valence-corrected chi connectivity index (χ2v) is 6.48. The topological polar surface area (TPSA) is 23.5 Å². The van der Waals surface area contributed by atoms with Crippen molar-refractivity contribution in [3.05, 3.63) is 28.2 Å². The number of halogens is 1. The Balaban J connectivity index is 2.33. The third kappa shape index (κ3) is 2.50. The van der Waals surface area contributed by atoms with Crippen LogP contribution in [0.15, 0.2) is 22.7 Å². The first-order valence-corrected chi connectivity index (χ1v) is 6.88. The average molecular weight is 298 g/mol. The zero-order valence-corrected chi connectivity index (χ0v) is 12.3. The van der Waals surface area contributed by atoms with E-state index in [1.54, 1.807) is 0 Å². The first-order valence-electron chi connectivity index (χ1n) is 6.08. The van der Waals surface area contributed by atoms with Gasteiger partial charge in [-0.2, -0.15) is 0 Å². The quantitative estimate of drug-likeness (QED) is 0.905. The molecule has 1 heterocycles. The van der Waals surface area contributed by atoms with Gasteiger partial charge in [0.1, 0.15) is 0 Å². The number of hydrogen-bond donors (Lipinski definition) is 1. The van der Waals surface area contributed by atoms with E-state index in [2.05, 4.69) is 59.8 Å². The summed E-state index contributed by atoms with van der Waals surface area (Å²) in [4.78, 5) is 2.40. The van der Waals surface area contributed by atoms with Crippen molar-refractivity contribution in [2.24, 2.45) is 5.92 Å². The van der Waals surface area contributed by atoms with Gasteiger partial charge in [0.25, 0.3) is 0 Å². The molecule has 1 N–H and O–H groups in total. The predicted molar refractivity (Wildman–Crippen MR) is 75.5 cm³/mol. The fourth-order valence-electron chi connectivity index (χ4n) is 2.76. The Morgan fingerprint density at radius 3 is 2.71 bits per heavy atom. The molecule has 1 unspecified atom stereocenters. The van der Waals surface area contributed by atoms with Crippen LogP contribution in [0.3, 0.4) is 0 Å². The molecule has 2 rings (SSSR count). The van der Waals surface area contributed by atoms with Gasteiger partial charge in [0.15, 0.2) is 0 Å². The summed E-state index contributed by atoms with van der Waals surface area (Å²) in [6.07, 6.45) is 1.05. The van der Waals surface area contributed by atoms with Crippen LogP contribution in [0.1, 0.15) is 25.8 Å². The molecule has 0 aliphatic carbocycles. The van der Waals surface area contributed by atoms with Gasteiger partial charge < -0.3 is 10.0 Å². The molecule has 94 valence electrons. The summed E-state index contributed by atoms with van der Waals surface area (Å²) in [5, 5.41) is 9.34. The second-order valence-electron chi connectivity index (χ2n) is 5.63. The molecule has 3 heteroatoms. The van der Waals surface area contributed by atoms with Gasteiger partial charge >= 0.3 is 0 Å². The van der Waals surface area contributed by atoms with Crippen LogP contribution < -0.4 is 4.90 Å². The highest BCUT2D eigenvalue weighted by atomic mass is 79.9. The van der Waals surface area contributed by atoms with Crippen LogP contribution in [0.2, 0.25) is 0 Å². The lowest BCUT2D eigenvalue weighted by atomic mass is 9.97. The van der Waals surface area contributed by atoms with Crippen LogP contribution in [-0.4, -0.2) is 23.8 Å². The molecule has 1 aliphatic heterocycles. The number of nitrogens with zero attached hydrogens (tertiary/aromatic N) is 1. The highest BCUT2D eigenvalue weighted by Gasteiger charge is 2.38. The third-order valence-corrected chi connectivity index (χ3v) is 4.25. The van der Waals surface area contributed by atoms with E-state index in [4.69, 9.17) is 0 Å². The van der Waals surface area contributed by atoms with Gasteiger partial charge in [-0.25, -0.2) is 0 Å². The maximum Gasteiger partial charge on any atom is 0.0515 e. The molecule has 17 heavy (non-hydrogen) atoms. The molecular weight excluding hydrogens is 278 g/mol. The zero-order chi connectivity index (χ0) is 12.6. The standard InChI is InChI=1S/C14H20BrNO/c1-10-4-5-13(12(15)6-10)16-8-11(9-17)7-14(16,2)3/h4-6,11,17H,7-9H2,1-3H3. The van der Waals surface area contributed by atoms with Crippen LogP contribution in [0.4, 0.5) is 5.69 Å². The molecular formula is C14H20BrNO. The van der Waals surface area contributed by atoms with Gasteiger partial charge in [0, 0.05) is 29.1 Å². The molecule has 1 atom stereocenters. The van der Waals surface area contributed by atoms with Crippen molar-refractivity contribution in [2.45, 2.75) is 32.7 Å². The molecule has 1 fully saturated rings. The minimum absolute atomic E-state index is 0.116. The van der Waals surface area contributed by atoms with E-state index in [9.17, 15) is 5.11 Å². The van der Waals surface area contributed by atoms with E-state index in [1.165, 1.54) is 11.3 Å². The Hall–Kier alpha value is -0.540. The van der Waals surface area contributed by atoms with E-state index >= 15 is 0 Å². The van der Waals surface area contributed by atoms with Crippen LogP contribution >= 0.6 is 15.9 Å². The summed E-state index contributed by atoms with van der Waals surface area (Å²) in [5.74, 6) is 0.387. The third-order valence-electron chi connectivity index (χ3n) is 3.61. The van der Waals surface area contributed by atoms with E-state index in [1.807, 2.05) is 0 Å². The van der Waals surface area contributed by atoms with Gasteiger partial charge in [-0.05, 0) is 60.8 Å². The van der Waals surface area contributed by atoms with Crippen molar-refractivity contribution in [2.75, 3.05) is 18.1 Å². The minimum Gasteiger partial charge on any atom is -0.396 e. The fourth-order valence-corrected chi connectivity index (χ4v) is 3.47. The lowest BCUT2D eigenvalue weighted by Gasteiger charge is -2.34. The summed E-state index contributed by atoms with van der Waals surface area (Å²) in [7, 11) is 0. The van der Waals surface area contributed by atoms with Crippen molar-refractivity contribution in [3.63, 3.8) is 0 Å². The maximum absolute atomic E-state index is 9.34. The summed E-state index contributed by atoms with van der Waals surface area (Å²) < 4.78 is 1.14. The van der Waals surface area contributed by atoms with Crippen LogP contribution in [0.5, 0.6) is 0 Å². The molecule has 1 saturated heterocycles. The Labute approximate surface area is 112 Å². The Morgan fingerprint density at radius 2 is 2.18 bits per heavy atom. The molecule has 1 aromatic rings. The van der Waals surface area contributed by atoms with Crippen molar-refractivity contribution in [1.29, 1.82) is 0 Å². The number of anilines is 1. The number of aliphatic hydroxyl groups is 1. The van der Waals surface area contributed by atoms with Crippen molar-refractivity contribution in [1.82, 2.24) is 0 Å². The zero-order valence-electron chi connectivity index (χ0n) is 10.7. The number of aryl methyl sites for hydroxylation is 1. The first-order chi connectivity index (χ1) is 7.94. The van der Waals surface area contributed by atoms with E-state index < -0.39 is 0 Å². The average Bonchev–Trinajstić information content (AvgIpc) is 2.54. The molecule has 0 spiro atoms. The fraction of sp³-hybridized carbons (Fsp3) is 0.571. The molecule has 0 bridgehead atoms. The number of aliphatic hydroxyl groups excluding tert-OH is 1. The van der Waals surface area contributed by atoms with Gasteiger partial charge in [-0.1, -0.05) is 6.07 Å².